The summed E-state index contributed by atoms with van der Waals surface area (Å²) in [5.74, 6) is 1.08. The molecule has 0 bridgehead atoms. The standard InChI is InChI=1S/C7H15N5S/c1-8-5-3-4-6-13-7-9-10-11-12(7)2/h8H,3-6H2,1-2H3. The molecule has 0 aliphatic rings. The maximum Gasteiger partial charge on any atom is 0.209 e. The first kappa shape index (κ1) is 10.5. The Morgan fingerprint density at radius 3 is 2.92 bits per heavy atom. The zero-order valence-electron chi connectivity index (χ0n) is 8.03. The van der Waals surface area contributed by atoms with Gasteiger partial charge in [-0.3, -0.25) is 0 Å². The Bertz CT molecular complexity index is 237. The molecule has 5 nitrogen and oxygen atoms in total. The Morgan fingerprint density at radius 1 is 1.46 bits per heavy atom. The van der Waals surface area contributed by atoms with Crippen LogP contribution in [0.15, 0.2) is 5.16 Å². The second kappa shape index (κ2) is 5.93. The summed E-state index contributed by atoms with van der Waals surface area (Å²) in [6.07, 6.45) is 2.40. The lowest BCUT2D eigenvalue weighted by Gasteiger charge is -1.99. The number of nitrogens with one attached hydrogen (secondary N) is 1. The lowest BCUT2D eigenvalue weighted by molar-refractivity contribution is 0.663. The molecule has 0 fully saturated rings. The molecule has 0 spiro atoms. The van der Waals surface area contributed by atoms with E-state index in [4.69, 9.17) is 0 Å². The third-order valence-corrected chi connectivity index (χ3v) is 2.73. The number of aryl methyl sites for hydroxylation is 1. The smallest absolute Gasteiger partial charge is 0.209 e. The Kier molecular flexibility index (Phi) is 4.77. The van der Waals surface area contributed by atoms with Crippen LogP contribution in [0.2, 0.25) is 0 Å². The van der Waals surface area contributed by atoms with Crippen molar-refractivity contribution in [3.63, 3.8) is 0 Å². The number of unbranched alkanes of at least 4 members (excludes halogenated alkanes) is 1. The number of nitrogens with zero attached hydrogens (tertiary/aromatic N) is 4. The first-order chi connectivity index (χ1) is 6.34. The number of thioether (sulfide) groups is 1. The second-order valence-electron chi connectivity index (χ2n) is 2.74. The largest absolute Gasteiger partial charge is 0.320 e. The second-order valence-corrected chi connectivity index (χ2v) is 3.81. The van der Waals surface area contributed by atoms with Gasteiger partial charge in [-0.2, -0.15) is 0 Å². The summed E-state index contributed by atoms with van der Waals surface area (Å²) in [6.45, 7) is 1.08. The van der Waals surface area contributed by atoms with E-state index in [0.717, 1.165) is 17.5 Å². The minimum atomic E-state index is 0.893. The normalized spacial score (nSPS) is 10.6. The van der Waals surface area contributed by atoms with Gasteiger partial charge in [0, 0.05) is 12.8 Å². The van der Waals surface area contributed by atoms with Gasteiger partial charge in [0.2, 0.25) is 5.16 Å². The molecular weight excluding hydrogens is 186 g/mol. The van der Waals surface area contributed by atoms with Gasteiger partial charge in [0.1, 0.15) is 0 Å². The predicted octanol–water partition coefficient (Wildman–Crippen LogP) is 0.302. The minimum Gasteiger partial charge on any atom is -0.320 e. The summed E-state index contributed by atoms with van der Waals surface area (Å²) < 4.78 is 1.70. The van der Waals surface area contributed by atoms with E-state index in [1.54, 1.807) is 16.4 Å². The fourth-order valence-corrected chi connectivity index (χ4v) is 1.76. The van der Waals surface area contributed by atoms with Crippen molar-refractivity contribution in [2.45, 2.75) is 18.0 Å². The molecule has 13 heavy (non-hydrogen) atoms. The molecule has 0 atom stereocenters. The number of rotatable bonds is 6. The number of aromatic nitrogens is 4. The molecule has 74 valence electrons. The van der Waals surface area contributed by atoms with Crippen molar-refractivity contribution in [3.8, 4) is 0 Å². The van der Waals surface area contributed by atoms with E-state index in [1.807, 2.05) is 14.1 Å². The molecule has 1 heterocycles. The first-order valence-electron chi connectivity index (χ1n) is 4.34. The van der Waals surface area contributed by atoms with E-state index >= 15 is 0 Å². The Hall–Kier alpha value is -0.620. The van der Waals surface area contributed by atoms with Crippen LogP contribution in [0, 0.1) is 0 Å². The predicted molar refractivity (Wildman–Crippen MR) is 52.7 cm³/mol. The minimum absolute atomic E-state index is 0.893. The monoisotopic (exact) mass is 201 g/mol. The highest BCUT2D eigenvalue weighted by Gasteiger charge is 2.00. The molecule has 1 aromatic rings. The topological polar surface area (TPSA) is 55.6 Å². The first-order valence-corrected chi connectivity index (χ1v) is 5.33. The Morgan fingerprint density at radius 2 is 2.31 bits per heavy atom. The van der Waals surface area contributed by atoms with Crippen LogP contribution in [-0.2, 0) is 7.05 Å². The third kappa shape index (κ3) is 3.73. The Labute approximate surface area is 82.3 Å². The lowest BCUT2D eigenvalue weighted by Crippen LogP contribution is -2.07. The van der Waals surface area contributed by atoms with Crippen LogP contribution in [0.5, 0.6) is 0 Å². The van der Waals surface area contributed by atoms with Crippen LogP contribution in [-0.4, -0.2) is 39.6 Å². The van der Waals surface area contributed by atoms with Gasteiger partial charge in [0.15, 0.2) is 0 Å². The SMILES string of the molecule is CNCCCCSc1nnnn1C. The molecule has 1 N–H and O–H groups in total. The van der Waals surface area contributed by atoms with Gasteiger partial charge in [-0.1, -0.05) is 11.8 Å². The van der Waals surface area contributed by atoms with Crippen molar-refractivity contribution in [2.24, 2.45) is 7.05 Å². The van der Waals surface area contributed by atoms with Crippen LogP contribution in [0.1, 0.15) is 12.8 Å². The van der Waals surface area contributed by atoms with E-state index in [1.165, 1.54) is 12.8 Å². The molecule has 0 unspecified atom stereocenters. The van der Waals surface area contributed by atoms with Crippen LogP contribution in [0.4, 0.5) is 0 Å². The maximum absolute atomic E-state index is 3.88. The maximum atomic E-state index is 3.88. The molecule has 0 amide bonds. The van der Waals surface area contributed by atoms with E-state index < -0.39 is 0 Å². The van der Waals surface area contributed by atoms with Gasteiger partial charge < -0.3 is 5.32 Å². The zero-order valence-corrected chi connectivity index (χ0v) is 8.84. The fourth-order valence-electron chi connectivity index (χ4n) is 0.911. The van der Waals surface area contributed by atoms with Crippen molar-refractivity contribution in [2.75, 3.05) is 19.3 Å². The van der Waals surface area contributed by atoms with E-state index in [9.17, 15) is 0 Å². The van der Waals surface area contributed by atoms with Crippen molar-refractivity contribution < 1.29 is 0 Å². The van der Waals surface area contributed by atoms with Crippen LogP contribution in [0.25, 0.3) is 0 Å². The lowest BCUT2D eigenvalue weighted by atomic mass is 10.3. The van der Waals surface area contributed by atoms with Crippen LogP contribution < -0.4 is 5.32 Å². The number of hydrogen-bond donors (Lipinski definition) is 1. The molecule has 6 heteroatoms. The molecule has 0 aromatic carbocycles. The third-order valence-electron chi connectivity index (χ3n) is 1.63. The summed E-state index contributed by atoms with van der Waals surface area (Å²) in [5.41, 5.74) is 0. The fraction of sp³-hybridized carbons (Fsp3) is 0.857. The highest BCUT2D eigenvalue weighted by Crippen LogP contribution is 2.13. The quantitative estimate of drug-likeness (QED) is 0.530. The molecule has 0 radical (unpaired) electrons. The molecule has 0 saturated carbocycles. The van der Waals surface area contributed by atoms with Gasteiger partial charge in [0.05, 0.1) is 0 Å². The Balaban J connectivity index is 2.10. The van der Waals surface area contributed by atoms with Crippen molar-refractivity contribution in [3.05, 3.63) is 0 Å². The van der Waals surface area contributed by atoms with E-state index in [-0.39, 0.29) is 0 Å². The highest BCUT2D eigenvalue weighted by atomic mass is 32.2. The number of tetrazole rings is 1. The summed E-state index contributed by atoms with van der Waals surface area (Å²) in [7, 11) is 3.83. The summed E-state index contributed by atoms with van der Waals surface area (Å²) in [5, 5.41) is 15.2. The molecule has 0 aliphatic carbocycles. The van der Waals surface area contributed by atoms with Gasteiger partial charge >= 0.3 is 0 Å². The molecule has 0 saturated heterocycles. The van der Waals surface area contributed by atoms with Crippen molar-refractivity contribution in [1.29, 1.82) is 0 Å². The van der Waals surface area contributed by atoms with Gasteiger partial charge in [-0.15, -0.1) is 5.10 Å². The molecule has 1 aromatic heterocycles. The average molecular weight is 201 g/mol. The molecule has 1 rings (SSSR count). The average Bonchev–Trinajstić information content (AvgIpc) is 2.52. The van der Waals surface area contributed by atoms with Gasteiger partial charge in [-0.25, -0.2) is 4.68 Å². The van der Waals surface area contributed by atoms with Gasteiger partial charge in [0.25, 0.3) is 0 Å². The van der Waals surface area contributed by atoms with Crippen molar-refractivity contribution >= 4 is 11.8 Å². The summed E-state index contributed by atoms with van der Waals surface area (Å²) >= 11 is 1.70. The molecule has 0 aliphatic heterocycles. The van der Waals surface area contributed by atoms with E-state index in [2.05, 4.69) is 20.8 Å². The summed E-state index contributed by atoms with van der Waals surface area (Å²) in [6, 6.07) is 0. The van der Waals surface area contributed by atoms with Crippen LogP contribution in [0.3, 0.4) is 0 Å². The summed E-state index contributed by atoms with van der Waals surface area (Å²) in [4.78, 5) is 0. The number of hydrogen-bond acceptors (Lipinski definition) is 5. The zero-order chi connectivity index (χ0) is 9.52. The van der Waals surface area contributed by atoms with Gasteiger partial charge in [-0.05, 0) is 36.9 Å². The highest BCUT2D eigenvalue weighted by molar-refractivity contribution is 7.99. The van der Waals surface area contributed by atoms with Crippen molar-refractivity contribution in [1.82, 2.24) is 25.5 Å². The molecular formula is C7H15N5S. The van der Waals surface area contributed by atoms with E-state index in [0.29, 0.717) is 0 Å². The van der Waals surface area contributed by atoms with Crippen LogP contribution >= 0.6 is 11.8 Å².